The minimum Gasteiger partial charge on any atom is -0.348 e. The van der Waals surface area contributed by atoms with E-state index in [2.05, 4.69) is 16.8 Å². The molecule has 4 heteroatoms. The van der Waals surface area contributed by atoms with E-state index < -0.39 is 0 Å². The highest BCUT2D eigenvalue weighted by Gasteiger charge is 2.30. The van der Waals surface area contributed by atoms with Crippen LogP contribution in [0.15, 0.2) is 4.99 Å². The summed E-state index contributed by atoms with van der Waals surface area (Å²) < 4.78 is 0. The molecular formula is C9H15N3S. The summed E-state index contributed by atoms with van der Waals surface area (Å²) >= 11 is 1.56. The molecule has 0 aromatic carbocycles. The number of hydrogen-bond donors (Lipinski definition) is 0. The second-order valence-electron chi connectivity index (χ2n) is 3.12. The lowest BCUT2D eigenvalue weighted by Gasteiger charge is -2.23. The summed E-state index contributed by atoms with van der Waals surface area (Å²) in [5.41, 5.74) is 0. The third-order valence-electron chi connectivity index (χ3n) is 2.03. The lowest BCUT2D eigenvalue weighted by molar-refractivity contribution is 0.416. The Morgan fingerprint density at radius 1 is 1.69 bits per heavy atom. The Labute approximate surface area is 83.8 Å². The molecule has 3 nitrogen and oxygen atoms in total. The van der Waals surface area contributed by atoms with Gasteiger partial charge in [0.2, 0.25) is 6.19 Å². The van der Waals surface area contributed by atoms with E-state index in [-0.39, 0.29) is 0 Å². The highest BCUT2D eigenvalue weighted by Crippen LogP contribution is 2.29. The number of thioether (sulfide) groups is 1. The molecule has 0 saturated heterocycles. The Bertz CT molecular complexity index is 228. The third-order valence-corrected chi connectivity index (χ3v) is 2.72. The molecule has 0 aromatic heterocycles. The summed E-state index contributed by atoms with van der Waals surface area (Å²) in [4.78, 5) is 6.09. The molecule has 0 aliphatic heterocycles. The summed E-state index contributed by atoms with van der Waals surface area (Å²) in [6.45, 7) is 3.17. The van der Waals surface area contributed by atoms with Crippen molar-refractivity contribution in [3.63, 3.8) is 0 Å². The third kappa shape index (κ3) is 2.92. The van der Waals surface area contributed by atoms with E-state index in [0.717, 1.165) is 18.1 Å². The molecule has 13 heavy (non-hydrogen) atoms. The van der Waals surface area contributed by atoms with Crippen LogP contribution >= 0.6 is 11.8 Å². The molecule has 1 rings (SSSR count). The monoisotopic (exact) mass is 197 g/mol. The van der Waals surface area contributed by atoms with Gasteiger partial charge in [-0.25, -0.2) is 0 Å². The Morgan fingerprint density at radius 2 is 2.38 bits per heavy atom. The van der Waals surface area contributed by atoms with Gasteiger partial charge >= 0.3 is 0 Å². The zero-order valence-corrected chi connectivity index (χ0v) is 8.97. The molecule has 0 radical (unpaired) electrons. The first-order valence-corrected chi connectivity index (χ1v) is 5.83. The van der Waals surface area contributed by atoms with E-state index in [4.69, 9.17) is 5.26 Å². The number of rotatable bonds is 3. The van der Waals surface area contributed by atoms with Gasteiger partial charge in [0.15, 0.2) is 5.17 Å². The minimum atomic E-state index is 0.652. The van der Waals surface area contributed by atoms with Gasteiger partial charge in [-0.15, -0.1) is 4.99 Å². The van der Waals surface area contributed by atoms with E-state index >= 15 is 0 Å². The maximum atomic E-state index is 8.51. The van der Waals surface area contributed by atoms with Crippen LogP contribution in [-0.2, 0) is 0 Å². The normalized spacial score (nSPS) is 16.8. The van der Waals surface area contributed by atoms with Gasteiger partial charge in [0.05, 0.1) is 0 Å². The van der Waals surface area contributed by atoms with Gasteiger partial charge in [-0.05, 0) is 25.5 Å². The van der Waals surface area contributed by atoms with Crippen molar-refractivity contribution in [2.75, 3.05) is 12.8 Å². The smallest absolute Gasteiger partial charge is 0.208 e. The van der Waals surface area contributed by atoms with E-state index in [1.165, 1.54) is 12.8 Å². The molecule has 1 fully saturated rings. The summed E-state index contributed by atoms with van der Waals surface area (Å²) in [6, 6.07) is 0.652. The van der Waals surface area contributed by atoms with Crippen molar-refractivity contribution >= 4 is 16.9 Å². The largest absolute Gasteiger partial charge is 0.348 e. The molecule has 0 N–H and O–H groups in total. The number of nitrogens with zero attached hydrogens (tertiary/aromatic N) is 3. The summed E-state index contributed by atoms with van der Waals surface area (Å²) in [5.74, 6) is 0. The van der Waals surface area contributed by atoms with Crippen molar-refractivity contribution in [3.8, 4) is 6.19 Å². The standard InChI is InChI=1S/C9H15N3S/c1-3-6-12(8-4-5-8)9(13-2)11-7-10/h8H,3-6H2,1-2H3. The van der Waals surface area contributed by atoms with Crippen molar-refractivity contribution in [3.05, 3.63) is 0 Å². The second kappa shape index (κ2) is 5.13. The Kier molecular flexibility index (Phi) is 4.10. The molecule has 1 aliphatic carbocycles. The summed E-state index contributed by atoms with van der Waals surface area (Å²) in [5, 5.41) is 9.39. The van der Waals surface area contributed by atoms with Crippen LogP contribution in [0.1, 0.15) is 26.2 Å². The van der Waals surface area contributed by atoms with E-state index in [9.17, 15) is 0 Å². The van der Waals surface area contributed by atoms with Gasteiger partial charge in [-0.3, -0.25) is 0 Å². The van der Waals surface area contributed by atoms with Gasteiger partial charge in [-0.1, -0.05) is 18.7 Å². The molecule has 0 heterocycles. The van der Waals surface area contributed by atoms with Crippen molar-refractivity contribution in [1.29, 1.82) is 5.26 Å². The molecule has 72 valence electrons. The number of hydrogen-bond acceptors (Lipinski definition) is 3. The average Bonchev–Trinajstić information content (AvgIpc) is 2.94. The van der Waals surface area contributed by atoms with Crippen molar-refractivity contribution in [2.24, 2.45) is 4.99 Å². The lowest BCUT2D eigenvalue weighted by Crippen LogP contribution is -2.31. The molecule has 0 unspecified atom stereocenters. The first-order chi connectivity index (χ1) is 6.33. The topological polar surface area (TPSA) is 39.4 Å². The van der Waals surface area contributed by atoms with Crippen LogP contribution in [0.4, 0.5) is 0 Å². The fourth-order valence-electron chi connectivity index (χ4n) is 1.33. The van der Waals surface area contributed by atoms with E-state index in [1.54, 1.807) is 11.8 Å². The maximum absolute atomic E-state index is 8.51. The van der Waals surface area contributed by atoms with Crippen LogP contribution < -0.4 is 0 Å². The highest BCUT2D eigenvalue weighted by atomic mass is 32.2. The van der Waals surface area contributed by atoms with Crippen LogP contribution in [0.3, 0.4) is 0 Å². The van der Waals surface area contributed by atoms with Gasteiger partial charge in [0, 0.05) is 12.6 Å². The molecule has 1 saturated carbocycles. The van der Waals surface area contributed by atoms with Gasteiger partial charge in [0.1, 0.15) is 0 Å². The van der Waals surface area contributed by atoms with Gasteiger partial charge in [-0.2, -0.15) is 5.26 Å². The second-order valence-corrected chi connectivity index (χ2v) is 3.90. The lowest BCUT2D eigenvalue weighted by atomic mass is 10.4. The van der Waals surface area contributed by atoms with Crippen LogP contribution in [0, 0.1) is 11.5 Å². The molecule has 0 amide bonds. The van der Waals surface area contributed by atoms with Crippen LogP contribution in [-0.4, -0.2) is 28.9 Å². The van der Waals surface area contributed by atoms with E-state index in [1.807, 2.05) is 12.4 Å². The molecular weight excluding hydrogens is 182 g/mol. The molecule has 0 aromatic rings. The summed E-state index contributed by atoms with van der Waals surface area (Å²) in [7, 11) is 0. The Morgan fingerprint density at radius 3 is 2.77 bits per heavy atom. The Balaban J connectivity index is 2.60. The zero-order valence-electron chi connectivity index (χ0n) is 8.16. The number of amidine groups is 1. The SMILES string of the molecule is CCCN(C(=NC#N)SC)C1CC1. The molecule has 0 spiro atoms. The van der Waals surface area contributed by atoms with E-state index in [0.29, 0.717) is 6.04 Å². The maximum Gasteiger partial charge on any atom is 0.208 e. The van der Waals surface area contributed by atoms with Crippen molar-refractivity contribution < 1.29 is 0 Å². The zero-order chi connectivity index (χ0) is 9.68. The molecule has 0 atom stereocenters. The van der Waals surface area contributed by atoms with Gasteiger partial charge < -0.3 is 4.90 Å². The fraction of sp³-hybridized carbons (Fsp3) is 0.778. The predicted molar refractivity (Wildman–Crippen MR) is 56.6 cm³/mol. The first kappa shape index (κ1) is 10.4. The molecule has 1 aliphatic rings. The first-order valence-electron chi connectivity index (χ1n) is 4.60. The molecule has 0 bridgehead atoms. The Hall–Kier alpha value is -0.690. The quantitative estimate of drug-likeness (QED) is 0.395. The minimum absolute atomic E-state index is 0.652. The predicted octanol–water partition coefficient (Wildman–Crippen LogP) is 2.06. The van der Waals surface area contributed by atoms with Crippen molar-refractivity contribution in [2.45, 2.75) is 32.2 Å². The van der Waals surface area contributed by atoms with Crippen LogP contribution in [0.5, 0.6) is 0 Å². The number of nitriles is 1. The number of aliphatic imine (C=N–C) groups is 1. The van der Waals surface area contributed by atoms with Crippen LogP contribution in [0.2, 0.25) is 0 Å². The highest BCUT2D eigenvalue weighted by molar-refractivity contribution is 8.13. The van der Waals surface area contributed by atoms with Gasteiger partial charge in [0.25, 0.3) is 0 Å². The average molecular weight is 197 g/mol. The summed E-state index contributed by atoms with van der Waals surface area (Å²) in [6.07, 6.45) is 7.46. The van der Waals surface area contributed by atoms with Crippen molar-refractivity contribution in [1.82, 2.24) is 4.90 Å². The van der Waals surface area contributed by atoms with Crippen LogP contribution in [0.25, 0.3) is 0 Å². The fourth-order valence-corrected chi connectivity index (χ4v) is 1.94.